The lowest BCUT2D eigenvalue weighted by molar-refractivity contribution is -0.139. The van der Waals surface area contributed by atoms with Gasteiger partial charge in [0, 0.05) is 17.0 Å². The average molecular weight is 504 g/mol. The Morgan fingerprint density at radius 3 is 2.00 bits per heavy atom. The molecule has 0 bridgehead atoms. The van der Waals surface area contributed by atoms with Crippen molar-refractivity contribution in [3.05, 3.63) is 92.2 Å². The van der Waals surface area contributed by atoms with Gasteiger partial charge in [-0.05, 0) is 39.3 Å². The fourth-order valence-corrected chi connectivity index (χ4v) is 4.00. The Morgan fingerprint density at radius 1 is 0.912 bits per heavy atom. The van der Waals surface area contributed by atoms with Gasteiger partial charge in [0.2, 0.25) is 0 Å². The van der Waals surface area contributed by atoms with E-state index in [0.717, 1.165) is 5.56 Å². The molecule has 1 N–H and O–H groups in total. The van der Waals surface area contributed by atoms with E-state index in [1.165, 1.54) is 7.11 Å². The fourth-order valence-electron chi connectivity index (χ4n) is 3.58. The number of halogens is 2. The third-order valence-electron chi connectivity index (χ3n) is 5.13. The first-order valence-corrected chi connectivity index (χ1v) is 11.3. The van der Waals surface area contributed by atoms with Crippen molar-refractivity contribution < 1.29 is 23.9 Å². The molecule has 0 fully saturated rings. The number of ketones is 1. The number of benzene rings is 2. The lowest BCUT2D eigenvalue weighted by Crippen LogP contribution is -2.32. The van der Waals surface area contributed by atoms with Gasteiger partial charge in [0.1, 0.15) is 0 Å². The van der Waals surface area contributed by atoms with Crippen LogP contribution in [0.5, 0.6) is 0 Å². The molecular weight excluding hydrogens is 477 g/mol. The molecule has 8 heteroatoms. The quantitative estimate of drug-likeness (QED) is 0.406. The van der Waals surface area contributed by atoms with E-state index >= 15 is 0 Å². The summed E-state index contributed by atoms with van der Waals surface area (Å²) >= 11 is 12.5. The van der Waals surface area contributed by atoms with Gasteiger partial charge in [0.15, 0.2) is 5.78 Å². The molecule has 180 valence electrons. The highest BCUT2D eigenvalue weighted by Gasteiger charge is 2.38. The molecule has 0 unspecified atom stereocenters. The number of dihydropyridines is 1. The lowest BCUT2D eigenvalue weighted by Gasteiger charge is -2.30. The van der Waals surface area contributed by atoms with E-state index in [1.54, 1.807) is 45.9 Å². The van der Waals surface area contributed by atoms with Crippen LogP contribution >= 0.6 is 23.2 Å². The first-order chi connectivity index (χ1) is 16.1. The third kappa shape index (κ3) is 6.27. The summed E-state index contributed by atoms with van der Waals surface area (Å²) in [5.41, 5.74) is 3.08. The molecule has 0 aliphatic carbocycles. The molecular formula is C26H27Cl2NO5. The highest BCUT2D eigenvalue weighted by molar-refractivity contribution is 6.42. The topological polar surface area (TPSA) is 81.7 Å². The van der Waals surface area contributed by atoms with Gasteiger partial charge in [-0.2, -0.15) is 0 Å². The molecule has 0 aromatic heterocycles. The zero-order chi connectivity index (χ0) is 25.4. The van der Waals surface area contributed by atoms with Crippen molar-refractivity contribution in [1.82, 2.24) is 5.32 Å². The predicted molar refractivity (Wildman–Crippen MR) is 133 cm³/mol. The van der Waals surface area contributed by atoms with Crippen molar-refractivity contribution in [2.45, 2.75) is 33.6 Å². The van der Waals surface area contributed by atoms with E-state index in [0.29, 0.717) is 33.1 Å². The number of esters is 2. The number of hydrogen-bond acceptors (Lipinski definition) is 6. The molecule has 1 atom stereocenters. The van der Waals surface area contributed by atoms with Crippen molar-refractivity contribution in [3.63, 3.8) is 0 Å². The standard InChI is InChI=1S/C18H19Cl2NO4.C8H8O/c1-5-25-18(23)14-10(3)21-9(2)13(17(22)24-4)15(14)11-7-6-8-12(19)16(11)20;1-7(9)8-5-3-2-4-6-8/h6-8,15,21H,5H2,1-4H3;2-6H,1H3/t15-;/m0./s1. The number of Topliss-reactive ketones (excluding diaryl/α,β-unsaturated/α-hetero) is 1. The molecule has 3 rings (SSSR count). The number of nitrogens with one attached hydrogen (secondary N) is 1. The number of hydrogen-bond donors (Lipinski definition) is 1. The second kappa shape index (κ2) is 12.4. The van der Waals surface area contributed by atoms with Crippen molar-refractivity contribution in [1.29, 1.82) is 0 Å². The highest BCUT2D eigenvalue weighted by Crippen LogP contribution is 2.43. The van der Waals surface area contributed by atoms with Crippen LogP contribution in [0.15, 0.2) is 71.1 Å². The van der Waals surface area contributed by atoms with Crippen LogP contribution in [0, 0.1) is 0 Å². The van der Waals surface area contributed by atoms with Gasteiger partial charge in [-0.3, -0.25) is 4.79 Å². The summed E-state index contributed by atoms with van der Waals surface area (Å²) in [7, 11) is 1.29. The molecule has 0 saturated carbocycles. The number of methoxy groups -OCH3 is 1. The Bertz CT molecular complexity index is 1140. The summed E-state index contributed by atoms with van der Waals surface area (Å²) in [4.78, 5) is 35.6. The number of ether oxygens (including phenoxy) is 2. The van der Waals surface area contributed by atoms with Crippen LogP contribution in [-0.2, 0) is 19.1 Å². The van der Waals surface area contributed by atoms with Crippen LogP contribution in [0.4, 0.5) is 0 Å². The molecule has 6 nitrogen and oxygen atoms in total. The van der Waals surface area contributed by atoms with Crippen molar-refractivity contribution >= 4 is 40.9 Å². The maximum atomic E-state index is 12.6. The monoisotopic (exact) mass is 503 g/mol. The van der Waals surface area contributed by atoms with Crippen molar-refractivity contribution in [3.8, 4) is 0 Å². The van der Waals surface area contributed by atoms with Gasteiger partial charge in [-0.15, -0.1) is 0 Å². The second-order valence-corrected chi connectivity index (χ2v) is 8.20. The molecule has 34 heavy (non-hydrogen) atoms. The summed E-state index contributed by atoms with van der Waals surface area (Å²) in [5, 5.41) is 3.66. The fraction of sp³-hybridized carbons (Fsp3) is 0.269. The Kier molecular flexibility index (Phi) is 9.90. The smallest absolute Gasteiger partial charge is 0.336 e. The van der Waals surface area contributed by atoms with Crippen LogP contribution in [0.25, 0.3) is 0 Å². The number of carbonyl (C=O) groups is 3. The predicted octanol–water partition coefficient (Wildman–Crippen LogP) is 5.85. The minimum absolute atomic E-state index is 0.121. The molecule has 0 radical (unpaired) electrons. The van der Waals surface area contributed by atoms with E-state index in [4.69, 9.17) is 32.7 Å². The number of carbonyl (C=O) groups excluding carboxylic acids is 3. The van der Waals surface area contributed by atoms with Crippen LogP contribution in [-0.4, -0.2) is 31.4 Å². The van der Waals surface area contributed by atoms with E-state index in [9.17, 15) is 14.4 Å². The van der Waals surface area contributed by atoms with Gasteiger partial charge in [0.05, 0.1) is 40.8 Å². The largest absolute Gasteiger partial charge is 0.466 e. The molecule has 2 aromatic carbocycles. The molecule has 2 aromatic rings. The van der Waals surface area contributed by atoms with E-state index in [2.05, 4.69) is 5.32 Å². The van der Waals surface area contributed by atoms with Crippen LogP contribution in [0.1, 0.15) is 49.5 Å². The Labute approximate surface area is 209 Å². The van der Waals surface area contributed by atoms with Crippen molar-refractivity contribution in [2.24, 2.45) is 0 Å². The van der Waals surface area contributed by atoms with Gasteiger partial charge in [-0.25, -0.2) is 9.59 Å². The van der Waals surface area contributed by atoms with Crippen molar-refractivity contribution in [2.75, 3.05) is 13.7 Å². The number of rotatable bonds is 5. The number of allylic oxidation sites excluding steroid dienone is 2. The van der Waals surface area contributed by atoms with E-state index in [-0.39, 0.29) is 17.4 Å². The molecule has 0 amide bonds. The van der Waals surface area contributed by atoms with Crippen LogP contribution in [0.2, 0.25) is 10.0 Å². The first kappa shape index (κ1) is 27.2. The van der Waals surface area contributed by atoms with E-state index in [1.807, 2.05) is 30.3 Å². The Morgan fingerprint density at radius 2 is 1.50 bits per heavy atom. The second-order valence-electron chi connectivity index (χ2n) is 7.41. The highest BCUT2D eigenvalue weighted by atomic mass is 35.5. The van der Waals surface area contributed by atoms with Gasteiger partial charge >= 0.3 is 11.9 Å². The van der Waals surface area contributed by atoms with E-state index < -0.39 is 17.9 Å². The maximum absolute atomic E-state index is 12.6. The lowest BCUT2D eigenvalue weighted by atomic mass is 9.80. The SMILES string of the molecule is CC(=O)c1ccccc1.CCOC(=O)C1=C(C)NC(C)=C(C(=O)OC)[C@@H]1c1cccc(Cl)c1Cl. The normalized spacial score (nSPS) is 15.1. The first-order valence-electron chi connectivity index (χ1n) is 10.6. The zero-order valence-corrected chi connectivity index (χ0v) is 21.2. The molecule has 0 spiro atoms. The summed E-state index contributed by atoms with van der Waals surface area (Å²) < 4.78 is 10.1. The molecule has 1 aliphatic heterocycles. The minimum Gasteiger partial charge on any atom is -0.466 e. The Balaban J connectivity index is 0.000000379. The van der Waals surface area contributed by atoms with Gasteiger partial charge in [-0.1, -0.05) is 65.7 Å². The zero-order valence-electron chi connectivity index (χ0n) is 19.7. The van der Waals surface area contributed by atoms with Gasteiger partial charge < -0.3 is 14.8 Å². The summed E-state index contributed by atoms with van der Waals surface area (Å²) in [6.45, 7) is 6.98. The minimum atomic E-state index is -0.737. The molecule has 1 heterocycles. The average Bonchev–Trinajstić information content (AvgIpc) is 2.81. The summed E-state index contributed by atoms with van der Waals surface area (Å²) in [6.07, 6.45) is 0. The van der Waals surface area contributed by atoms with Gasteiger partial charge in [0.25, 0.3) is 0 Å². The summed E-state index contributed by atoms with van der Waals surface area (Å²) in [5.74, 6) is -1.70. The maximum Gasteiger partial charge on any atom is 0.336 e. The third-order valence-corrected chi connectivity index (χ3v) is 5.97. The molecule has 1 aliphatic rings. The molecule has 0 saturated heterocycles. The van der Waals surface area contributed by atoms with Crippen LogP contribution < -0.4 is 5.32 Å². The van der Waals surface area contributed by atoms with Crippen LogP contribution in [0.3, 0.4) is 0 Å². The Hall–Kier alpha value is -3.09. The summed E-state index contributed by atoms with van der Waals surface area (Å²) in [6, 6.07) is 14.3.